The van der Waals surface area contributed by atoms with Crippen LogP contribution in [0.5, 0.6) is 0 Å². The smallest absolute Gasteiger partial charge is 0.408 e. The number of amides is 3. The van der Waals surface area contributed by atoms with E-state index in [0.717, 1.165) is 0 Å². The summed E-state index contributed by atoms with van der Waals surface area (Å²) in [7, 11) is 0. The van der Waals surface area contributed by atoms with E-state index >= 15 is 9.59 Å². The van der Waals surface area contributed by atoms with Crippen LogP contribution in [0.3, 0.4) is 0 Å². The Kier molecular flexibility index (Phi) is 14.8. The summed E-state index contributed by atoms with van der Waals surface area (Å²) >= 11 is 0. The zero-order valence-corrected chi connectivity index (χ0v) is 41.0. The molecule has 384 valence electrons. The Morgan fingerprint density at radius 1 is 0.887 bits per heavy atom. The second-order valence-electron chi connectivity index (χ2n) is 20.4. The highest BCUT2D eigenvalue weighted by Crippen LogP contribution is 2.64. The minimum atomic E-state index is -2.38. The summed E-state index contributed by atoms with van der Waals surface area (Å²) in [4.78, 5) is 114. The number of nitrogens with zero attached hydrogens (tertiary/aromatic N) is 1. The van der Waals surface area contributed by atoms with Crippen LogP contribution in [0.2, 0.25) is 0 Å². The first-order valence-corrected chi connectivity index (χ1v) is 23.7. The number of fused-ring (bicyclic) bond motifs is 5. The van der Waals surface area contributed by atoms with Crippen molar-refractivity contribution in [3.63, 3.8) is 0 Å². The number of hydrogen-bond donors (Lipinski definition) is 4. The fourth-order valence-electron chi connectivity index (χ4n) is 10.9. The third kappa shape index (κ3) is 9.71. The summed E-state index contributed by atoms with van der Waals surface area (Å²) in [6.45, 7) is 12.5. The Morgan fingerprint density at radius 3 is 2.07 bits per heavy atom. The Morgan fingerprint density at radius 2 is 1.49 bits per heavy atom. The summed E-state index contributed by atoms with van der Waals surface area (Å²) in [6.07, 6.45) is -13.4. The number of nitrogens with one attached hydrogen (secondary N) is 1. The van der Waals surface area contributed by atoms with Crippen molar-refractivity contribution in [2.24, 2.45) is 16.7 Å². The molecule has 2 unspecified atom stereocenters. The average Bonchev–Trinajstić information content (AvgIpc) is 3.62. The second-order valence-corrected chi connectivity index (χ2v) is 20.4. The number of Topliss-reactive ketones (excluding diaryl/α,β-unsaturated/α-hetero) is 1. The number of imide groups is 1. The van der Waals surface area contributed by atoms with Crippen molar-refractivity contribution in [2.75, 3.05) is 13.2 Å². The molecule has 2 bridgehead atoms. The standard InChI is InChI=1S/C51H62N2O18/c1-9-66-50-26-65-32(50)24-31(54)49(8)41(50)43(69-44(61)29-18-14-11-15-19-29)51(64)25-30(27(2)37(48(51,6)7)39(59)42(49)60)67-45(62)40(38(28-16-12-10-13-17-28)52-46(63)70-47(3,4)5)68-35(57)22-23-36(58)71-53-33(55)20-21-34(53)56/h10-19,30-32,38-41,43,54,59,64H,9,20-26H2,1-8H3,(H,52,63)/t30-,31-,32+,38-,39+,40+,41?,43?,49+,50-,51+/m0/s1. The minimum absolute atomic E-state index is 0.0734. The van der Waals surface area contributed by atoms with Gasteiger partial charge in [0.25, 0.3) is 11.8 Å². The number of esters is 3. The summed E-state index contributed by atoms with van der Waals surface area (Å²) in [5.41, 5.74) is -8.22. The van der Waals surface area contributed by atoms with E-state index in [0.29, 0.717) is 5.06 Å². The van der Waals surface area contributed by atoms with Crippen LogP contribution in [0, 0.1) is 16.7 Å². The van der Waals surface area contributed by atoms with Gasteiger partial charge in [0.05, 0.1) is 42.6 Å². The fraction of sp³-hybridized carbons (Fsp3) is 0.569. The minimum Gasteiger partial charge on any atom is -0.455 e. The summed E-state index contributed by atoms with van der Waals surface area (Å²) in [5.74, 6) is -8.34. The van der Waals surface area contributed by atoms with Gasteiger partial charge in [0.2, 0.25) is 6.10 Å². The molecule has 0 spiro atoms. The number of ketones is 1. The molecule has 20 nitrogen and oxygen atoms in total. The molecule has 2 saturated carbocycles. The maximum atomic E-state index is 15.2. The highest BCUT2D eigenvalue weighted by molar-refractivity contribution is 6.01. The van der Waals surface area contributed by atoms with Crippen LogP contribution in [-0.4, -0.2) is 135 Å². The zero-order valence-electron chi connectivity index (χ0n) is 41.0. The van der Waals surface area contributed by atoms with Crippen molar-refractivity contribution in [2.45, 2.75) is 153 Å². The number of aliphatic hydroxyl groups excluding tert-OH is 2. The number of carbonyl (C=O) groups excluding carboxylic acids is 8. The number of alkyl carbamates (subject to hydrolysis) is 1. The van der Waals surface area contributed by atoms with E-state index in [-0.39, 0.29) is 54.7 Å². The summed E-state index contributed by atoms with van der Waals surface area (Å²) in [5, 5.41) is 41.1. The molecule has 71 heavy (non-hydrogen) atoms. The summed E-state index contributed by atoms with van der Waals surface area (Å²) < 4.78 is 36.4. The predicted molar refractivity (Wildman–Crippen MR) is 244 cm³/mol. The molecule has 20 heteroatoms. The van der Waals surface area contributed by atoms with E-state index < -0.39 is 143 Å². The van der Waals surface area contributed by atoms with Crippen LogP contribution in [0.15, 0.2) is 71.8 Å². The number of ether oxygens (including phenoxy) is 6. The topological polar surface area (TPSA) is 277 Å². The molecule has 4 fully saturated rings. The van der Waals surface area contributed by atoms with Crippen LogP contribution in [0.25, 0.3) is 0 Å². The lowest BCUT2D eigenvalue weighted by Crippen LogP contribution is -2.81. The first kappa shape index (κ1) is 52.8. The number of hydrogen-bond acceptors (Lipinski definition) is 18. The van der Waals surface area contributed by atoms with Crippen molar-refractivity contribution >= 4 is 47.6 Å². The van der Waals surface area contributed by atoms with Gasteiger partial charge >= 0.3 is 30.0 Å². The van der Waals surface area contributed by atoms with Gasteiger partial charge in [-0.3, -0.25) is 19.2 Å². The van der Waals surface area contributed by atoms with Gasteiger partial charge < -0.3 is 53.9 Å². The van der Waals surface area contributed by atoms with E-state index in [1.165, 1.54) is 38.1 Å². The first-order chi connectivity index (χ1) is 33.3. The molecule has 2 aromatic carbocycles. The van der Waals surface area contributed by atoms with Crippen LogP contribution >= 0.6 is 0 Å². The third-order valence-corrected chi connectivity index (χ3v) is 14.6. The molecule has 3 amide bonds. The lowest BCUT2D eigenvalue weighted by Gasteiger charge is -2.68. The average molecular weight is 991 g/mol. The molecule has 4 N–H and O–H groups in total. The normalized spacial score (nSPS) is 30.8. The molecule has 7 rings (SSSR count). The molecule has 5 aliphatic rings. The van der Waals surface area contributed by atoms with Gasteiger partial charge in [-0.1, -0.05) is 62.4 Å². The Hall–Kier alpha value is -6.06. The van der Waals surface area contributed by atoms with Crippen LogP contribution < -0.4 is 5.32 Å². The number of rotatable bonds is 14. The monoisotopic (exact) mass is 990 g/mol. The van der Waals surface area contributed by atoms with Crippen LogP contribution in [0.4, 0.5) is 4.79 Å². The lowest BCUT2D eigenvalue weighted by molar-refractivity contribution is -0.356. The van der Waals surface area contributed by atoms with Crippen LogP contribution in [0.1, 0.15) is 116 Å². The summed E-state index contributed by atoms with van der Waals surface area (Å²) in [6, 6.07) is 14.2. The number of benzene rings is 2. The van der Waals surface area contributed by atoms with Gasteiger partial charge in [-0.2, -0.15) is 0 Å². The second kappa shape index (κ2) is 19.9. The van der Waals surface area contributed by atoms with Crippen LogP contribution in [-0.2, 0) is 62.0 Å². The molecule has 2 heterocycles. The van der Waals surface area contributed by atoms with E-state index in [1.54, 1.807) is 77.9 Å². The Bertz CT molecular complexity index is 2450. The molecule has 11 atom stereocenters. The van der Waals surface area contributed by atoms with Gasteiger partial charge in [-0.05, 0) is 70.4 Å². The van der Waals surface area contributed by atoms with Crippen molar-refractivity contribution in [1.82, 2.24) is 10.4 Å². The lowest BCUT2D eigenvalue weighted by atomic mass is 9.44. The molecule has 0 aromatic heterocycles. The fourth-order valence-corrected chi connectivity index (χ4v) is 10.9. The van der Waals surface area contributed by atoms with Crippen molar-refractivity contribution in [3.05, 3.63) is 82.9 Å². The van der Waals surface area contributed by atoms with E-state index in [4.69, 9.17) is 33.3 Å². The largest absolute Gasteiger partial charge is 0.455 e. The Balaban J connectivity index is 1.32. The van der Waals surface area contributed by atoms with Crippen molar-refractivity contribution < 1.29 is 86.9 Å². The molecule has 2 aromatic rings. The van der Waals surface area contributed by atoms with Gasteiger partial charge in [0, 0.05) is 43.6 Å². The van der Waals surface area contributed by atoms with Gasteiger partial charge in [-0.25, -0.2) is 19.2 Å². The maximum Gasteiger partial charge on any atom is 0.408 e. The van der Waals surface area contributed by atoms with E-state index in [2.05, 4.69) is 5.32 Å². The zero-order chi connectivity index (χ0) is 52.0. The van der Waals surface area contributed by atoms with E-state index in [9.17, 15) is 44.1 Å². The number of carbonyl (C=O) groups is 8. The van der Waals surface area contributed by atoms with Crippen molar-refractivity contribution in [3.8, 4) is 0 Å². The first-order valence-electron chi connectivity index (χ1n) is 23.7. The predicted octanol–water partition coefficient (Wildman–Crippen LogP) is 3.67. The number of hydroxylamine groups is 2. The van der Waals surface area contributed by atoms with Crippen molar-refractivity contribution in [1.29, 1.82) is 0 Å². The molecule has 2 saturated heterocycles. The van der Waals surface area contributed by atoms with Gasteiger partial charge in [-0.15, -0.1) is 5.06 Å². The molecule has 0 radical (unpaired) electrons. The SMILES string of the molecule is CCO[C@@]12CO[C@@H]1C[C@H](O)[C@@]1(C)C(=O)[C@H](O)C3=C(C)[C@@H](OC(=O)[C@H](OC(=O)CCC(=O)ON4C(=O)CCC4=O)[C@@H](NC(=O)OC(C)(C)C)c4ccccc4)C[C@@](O)(C(OC(=O)c4ccccc4)C12)C3(C)C. The third-order valence-electron chi connectivity index (χ3n) is 14.6. The van der Waals surface area contributed by atoms with Gasteiger partial charge in [0.15, 0.2) is 5.78 Å². The number of aliphatic hydroxyl groups is 3. The molecular weight excluding hydrogens is 929 g/mol. The quantitative estimate of drug-likeness (QED) is 0.0909. The maximum absolute atomic E-state index is 15.2. The molecule has 2 aliphatic heterocycles. The highest BCUT2D eigenvalue weighted by atomic mass is 16.7. The van der Waals surface area contributed by atoms with Gasteiger partial charge in [0.1, 0.15) is 41.2 Å². The Labute approximate surface area is 410 Å². The molecule has 3 aliphatic carbocycles. The van der Waals surface area contributed by atoms with E-state index in [1.807, 2.05) is 0 Å². The molecular formula is C51H62N2O18. The highest BCUT2D eigenvalue weighted by Gasteiger charge is 2.77.